The summed E-state index contributed by atoms with van der Waals surface area (Å²) in [5.41, 5.74) is 2.82. The van der Waals surface area contributed by atoms with Crippen LogP contribution in [0, 0.1) is 0 Å². The highest BCUT2D eigenvalue weighted by Gasteiger charge is 2.19. The van der Waals surface area contributed by atoms with E-state index in [4.69, 9.17) is 0 Å². The summed E-state index contributed by atoms with van der Waals surface area (Å²) in [5, 5.41) is 8.43. The van der Waals surface area contributed by atoms with Crippen LogP contribution in [0.5, 0.6) is 0 Å². The maximum absolute atomic E-state index is 11.7. The highest BCUT2D eigenvalue weighted by Crippen LogP contribution is 2.26. The van der Waals surface area contributed by atoms with Crippen molar-refractivity contribution < 1.29 is 4.79 Å². The Morgan fingerprint density at radius 1 is 1.19 bits per heavy atom. The van der Waals surface area contributed by atoms with Gasteiger partial charge in [-0.3, -0.25) is 4.79 Å². The Morgan fingerprint density at radius 3 is 2.62 bits per heavy atom. The maximum Gasteiger partial charge on any atom is 0.132 e. The molecule has 1 atom stereocenters. The molecule has 0 bridgehead atoms. The number of para-hydroxylation sites is 1. The van der Waals surface area contributed by atoms with Gasteiger partial charge in [-0.1, -0.05) is 45.4 Å². The molecule has 21 heavy (non-hydrogen) atoms. The number of nitrogens with zero attached hydrogens (tertiary/aromatic N) is 3. The van der Waals surface area contributed by atoms with Crippen molar-refractivity contribution in [3.05, 3.63) is 58.6 Å². The Balaban J connectivity index is 2.11. The fourth-order valence-corrected chi connectivity index (χ4v) is 2.68. The third-order valence-corrected chi connectivity index (χ3v) is 3.94. The lowest BCUT2D eigenvalue weighted by molar-refractivity contribution is -0.117. The second kappa shape index (κ2) is 5.77. The molecule has 0 N–H and O–H groups in total. The van der Waals surface area contributed by atoms with Gasteiger partial charge in [-0.25, -0.2) is 4.68 Å². The molecule has 0 saturated heterocycles. The minimum Gasteiger partial charge on any atom is -0.300 e. The van der Waals surface area contributed by atoms with Crippen LogP contribution in [0.4, 0.5) is 0 Å². The maximum atomic E-state index is 11.7. The summed E-state index contributed by atoms with van der Waals surface area (Å²) in [7, 11) is 0. The van der Waals surface area contributed by atoms with Gasteiger partial charge < -0.3 is 0 Å². The smallest absolute Gasteiger partial charge is 0.132 e. The van der Waals surface area contributed by atoms with E-state index in [2.05, 4.69) is 26.2 Å². The van der Waals surface area contributed by atoms with Crippen molar-refractivity contribution in [2.45, 2.75) is 19.4 Å². The standard InChI is InChI=1S/C16H14BrN3O/c1-11(21)10-16(12-6-8-13(17)9-7-12)20-15-5-3-2-4-14(15)18-19-20/h2-9,16H,10H2,1H3/t16-/m0/s1. The molecule has 0 amide bonds. The van der Waals surface area contributed by atoms with Crippen LogP contribution in [0.3, 0.4) is 0 Å². The number of carbonyl (C=O) groups excluding carboxylic acids is 1. The van der Waals surface area contributed by atoms with E-state index in [1.165, 1.54) is 0 Å². The predicted molar refractivity (Wildman–Crippen MR) is 85.1 cm³/mol. The lowest BCUT2D eigenvalue weighted by Gasteiger charge is -2.17. The number of hydrogen-bond acceptors (Lipinski definition) is 3. The zero-order chi connectivity index (χ0) is 14.8. The first kappa shape index (κ1) is 13.9. The first-order valence-electron chi connectivity index (χ1n) is 6.70. The van der Waals surface area contributed by atoms with Crippen LogP contribution < -0.4 is 0 Å². The minimum absolute atomic E-state index is 0.127. The molecule has 106 valence electrons. The van der Waals surface area contributed by atoms with Crippen molar-refractivity contribution in [2.24, 2.45) is 0 Å². The van der Waals surface area contributed by atoms with Gasteiger partial charge in [-0.15, -0.1) is 5.10 Å². The number of rotatable bonds is 4. The first-order valence-corrected chi connectivity index (χ1v) is 7.49. The second-order valence-electron chi connectivity index (χ2n) is 5.00. The van der Waals surface area contributed by atoms with E-state index in [1.54, 1.807) is 6.92 Å². The number of Topliss-reactive ketones (excluding diaryl/α,β-unsaturated/α-hetero) is 1. The van der Waals surface area contributed by atoms with Crippen LogP contribution in [-0.2, 0) is 4.79 Å². The van der Waals surface area contributed by atoms with Gasteiger partial charge in [0, 0.05) is 10.9 Å². The molecule has 0 spiro atoms. The number of hydrogen-bond donors (Lipinski definition) is 0. The molecule has 0 radical (unpaired) electrons. The predicted octanol–water partition coefficient (Wildman–Crippen LogP) is 3.76. The molecule has 3 rings (SSSR count). The highest BCUT2D eigenvalue weighted by molar-refractivity contribution is 9.10. The zero-order valence-corrected chi connectivity index (χ0v) is 13.1. The largest absolute Gasteiger partial charge is 0.300 e. The van der Waals surface area contributed by atoms with E-state index < -0.39 is 0 Å². The average Bonchev–Trinajstić information content (AvgIpc) is 2.89. The Morgan fingerprint density at radius 2 is 1.90 bits per heavy atom. The van der Waals surface area contributed by atoms with E-state index in [9.17, 15) is 4.79 Å². The molecule has 0 aliphatic heterocycles. The van der Waals surface area contributed by atoms with Crippen molar-refractivity contribution in [2.75, 3.05) is 0 Å². The molecule has 4 nitrogen and oxygen atoms in total. The van der Waals surface area contributed by atoms with Crippen molar-refractivity contribution in [3.8, 4) is 0 Å². The van der Waals surface area contributed by atoms with Crippen LogP contribution in [0.1, 0.15) is 24.9 Å². The van der Waals surface area contributed by atoms with Crippen LogP contribution in [-0.4, -0.2) is 20.8 Å². The van der Waals surface area contributed by atoms with Crippen LogP contribution in [0.15, 0.2) is 53.0 Å². The van der Waals surface area contributed by atoms with Gasteiger partial charge in [0.1, 0.15) is 11.3 Å². The number of ketones is 1. The van der Waals surface area contributed by atoms with Crippen molar-refractivity contribution in [1.82, 2.24) is 15.0 Å². The van der Waals surface area contributed by atoms with Gasteiger partial charge in [0.15, 0.2) is 0 Å². The number of benzene rings is 2. The summed E-state index contributed by atoms with van der Waals surface area (Å²) in [4.78, 5) is 11.7. The molecule has 2 aromatic carbocycles. The summed E-state index contributed by atoms with van der Waals surface area (Å²) in [6, 6.07) is 15.6. The molecule has 5 heteroatoms. The summed E-state index contributed by atoms with van der Waals surface area (Å²) in [6.45, 7) is 1.60. The Kier molecular flexibility index (Phi) is 3.84. The third-order valence-electron chi connectivity index (χ3n) is 3.41. The van der Waals surface area contributed by atoms with Gasteiger partial charge >= 0.3 is 0 Å². The minimum atomic E-state index is -0.136. The quantitative estimate of drug-likeness (QED) is 0.724. The van der Waals surface area contributed by atoms with Gasteiger partial charge in [-0.2, -0.15) is 0 Å². The normalized spacial score (nSPS) is 12.5. The summed E-state index contributed by atoms with van der Waals surface area (Å²) < 4.78 is 2.84. The molecule has 3 aromatic rings. The van der Waals surface area contributed by atoms with Crippen molar-refractivity contribution in [3.63, 3.8) is 0 Å². The van der Waals surface area contributed by atoms with Gasteiger partial charge in [0.2, 0.25) is 0 Å². The highest BCUT2D eigenvalue weighted by atomic mass is 79.9. The van der Waals surface area contributed by atoms with Crippen molar-refractivity contribution >= 4 is 32.7 Å². The van der Waals surface area contributed by atoms with Crippen LogP contribution in [0.2, 0.25) is 0 Å². The Bertz CT molecular complexity index is 780. The second-order valence-corrected chi connectivity index (χ2v) is 5.91. The number of halogens is 1. The van der Waals surface area contributed by atoms with E-state index >= 15 is 0 Å². The van der Waals surface area contributed by atoms with E-state index in [0.29, 0.717) is 6.42 Å². The molecule has 0 aliphatic rings. The number of carbonyl (C=O) groups is 1. The monoisotopic (exact) mass is 343 g/mol. The zero-order valence-electron chi connectivity index (χ0n) is 11.5. The Labute approximate surface area is 130 Å². The van der Waals surface area contributed by atoms with Gasteiger partial charge in [-0.05, 0) is 36.8 Å². The first-order chi connectivity index (χ1) is 10.1. The average molecular weight is 344 g/mol. The number of fused-ring (bicyclic) bond motifs is 1. The molecule has 0 saturated carbocycles. The lowest BCUT2D eigenvalue weighted by atomic mass is 10.0. The molecule has 0 unspecified atom stereocenters. The molecule has 1 heterocycles. The fraction of sp³-hybridized carbons (Fsp3) is 0.188. The van der Waals surface area contributed by atoms with E-state index in [-0.39, 0.29) is 11.8 Å². The summed E-state index contributed by atoms with van der Waals surface area (Å²) in [6.07, 6.45) is 0.398. The SMILES string of the molecule is CC(=O)C[C@@H](c1ccc(Br)cc1)n1nnc2ccccc21. The van der Waals surface area contributed by atoms with Crippen LogP contribution >= 0.6 is 15.9 Å². The van der Waals surface area contributed by atoms with Crippen LogP contribution in [0.25, 0.3) is 11.0 Å². The topological polar surface area (TPSA) is 47.8 Å². The summed E-state index contributed by atoms with van der Waals surface area (Å²) in [5.74, 6) is 0.127. The van der Waals surface area contributed by atoms with Gasteiger partial charge in [0.05, 0.1) is 11.6 Å². The third kappa shape index (κ3) is 2.88. The van der Waals surface area contributed by atoms with Gasteiger partial charge in [0.25, 0.3) is 0 Å². The Hall–Kier alpha value is -2.01. The molecular formula is C16H14BrN3O. The molecule has 1 aromatic heterocycles. The van der Waals surface area contributed by atoms with Crippen molar-refractivity contribution in [1.29, 1.82) is 0 Å². The summed E-state index contributed by atoms with van der Waals surface area (Å²) >= 11 is 3.43. The molecule has 0 fully saturated rings. The molecular weight excluding hydrogens is 330 g/mol. The lowest BCUT2D eigenvalue weighted by Crippen LogP contribution is -2.15. The van der Waals surface area contributed by atoms with E-state index in [1.807, 2.05) is 53.2 Å². The fourth-order valence-electron chi connectivity index (χ4n) is 2.42. The molecule has 0 aliphatic carbocycles. The van der Waals surface area contributed by atoms with E-state index in [0.717, 1.165) is 21.1 Å². The number of aromatic nitrogens is 3.